The molecule has 4 heteroatoms. The van der Waals surface area contributed by atoms with Crippen molar-refractivity contribution in [2.45, 2.75) is 40.0 Å². The van der Waals surface area contributed by atoms with Crippen molar-refractivity contribution in [3.05, 3.63) is 12.7 Å². The van der Waals surface area contributed by atoms with Gasteiger partial charge in [-0.05, 0) is 20.3 Å². The summed E-state index contributed by atoms with van der Waals surface area (Å²) >= 11 is 0. The molecule has 0 radical (unpaired) electrons. The van der Waals surface area contributed by atoms with Crippen molar-refractivity contribution < 1.29 is 19.1 Å². The molecule has 0 fully saturated rings. The zero-order chi connectivity index (χ0) is 13.3. The van der Waals surface area contributed by atoms with Gasteiger partial charge in [-0.2, -0.15) is 0 Å². The Labute approximate surface area is 103 Å². The molecule has 0 unspecified atom stereocenters. The molecular weight excluding hydrogens is 220 g/mol. The van der Waals surface area contributed by atoms with Gasteiger partial charge in [-0.3, -0.25) is 9.59 Å². The maximum absolute atomic E-state index is 11.7. The summed E-state index contributed by atoms with van der Waals surface area (Å²) in [6.45, 7) is 8.96. The van der Waals surface area contributed by atoms with Crippen LogP contribution in [0, 0.1) is 5.41 Å². The van der Waals surface area contributed by atoms with Gasteiger partial charge in [0.25, 0.3) is 0 Å². The lowest BCUT2D eigenvalue weighted by Crippen LogP contribution is -2.36. The second kappa shape index (κ2) is 7.87. The normalized spacial score (nSPS) is 10.8. The first kappa shape index (κ1) is 15.7. The minimum absolute atomic E-state index is 0.103. The van der Waals surface area contributed by atoms with Crippen LogP contribution in [0.4, 0.5) is 0 Å². The fourth-order valence-corrected chi connectivity index (χ4v) is 1.10. The van der Waals surface area contributed by atoms with Crippen LogP contribution in [0.3, 0.4) is 0 Å². The van der Waals surface area contributed by atoms with Gasteiger partial charge < -0.3 is 9.47 Å². The molecule has 0 aromatic rings. The highest BCUT2D eigenvalue weighted by Gasteiger charge is 2.39. The SMILES string of the molecule is C=CCOC(=O)C(C)(C)C(=O)OCCCCC. The summed E-state index contributed by atoms with van der Waals surface area (Å²) in [5, 5.41) is 0. The van der Waals surface area contributed by atoms with Crippen LogP contribution in [-0.4, -0.2) is 25.2 Å². The van der Waals surface area contributed by atoms with Crippen LogP contribution < -0.4 is 0 Å². The van der Waals surface area contributed by atoms with Gasteiger partial charge in [0, 0.05) is 0 Å². The first-order chi connectivity index (χ1) is 7.96. The number of hydrogen-bond donors (Lipinski definition) is 0. The predicted molar refractivity (Wildman–Crippen MR) is 65.4 cm³/mol. The Morgan fingerprint density at radius 3 is 2.29 bits per heavy atom. The van der Waals surface area contributed by atoms with Crippen molar-refractivity contribution in [1.82, 2.24) is 0 Å². The van der Waals surface area contributed by atoms with E-state index in [0.717, 1.165) is 19.3 Å². The van der Waals surface area contributed by atoms with Crippen molar-refractivity contribution in [3.63, 3.8) is 0 Å². The number of carbonyl (C=O) groups is 2. The average molecular weight is 242 g/mol. The standard InChI is InChI=1S/C13H22O4/c1-5-7-8-10-17-12(15)13(3,4)11(14)16-9-6-2/h6H,2,5,7-10H2,1,3-4H3. The van der Waals surface area contributed by atoms with E-state index >= 15 is 0 Å². The zero-order valence-electron chi connectivity index (χ0n) is 11.0. The summed E-state index contributed by atoms with van der Waals surface area (Å²) in [6, 6.07) is 0. The van der Waals surface area contributed by atoms with E-state index < -0.39 is 17.4 Å². The van der Waals surface area contributed by atoms with Gasteiger partial charge >= 0.3 is 11.9 Å². The zero-order valence-corrected chi connectivity index (χ0v) is 11.0. The van der Waals surface area contributed by atoms with Crippen LogP contribution in [0.1, 0.15) is 40.0 Å². The van der Waals surface area contributed by atoms with E-state index in [9.17, 15) is 9.59 Å². The summed E-state index contributed by atoms with van der Waals surface area (Å²) in [5.41, 5.74) is -1.25. The fraction of sp³-hybridized carbons (Fsp3) is 0.692. The Morgan fingerprint density at radius 1 is 1.18 bits per heavy atom. The van der Waals surface area contributed by atoms with Gasteiger partial charge in [0.15, 0.2) is 5.41 Å². The van der Waals surface area contributed by atoms with E-state index in [-0.39, 0.29) is 6.61 Å². The Morgan fingerprint density at radius 2 is 1.76 bits per heavy atom. The quantitative estimate of drug-likeness (QED) is 0.284. The third-order valence-corrected chi connectivity index (χ3v) is 2.33. The van der Waals surface area contributed by atoms with Gasteiger partial charge in [-0.25, -0.2) is 0 Å². The lowest BCUT2D eigenvalue weighted by Gasteiger charge is -2.20. The highest BCUT2D eigenvalue weighted by molar-refractivity contribution is 5.99. The summed E-state index contributed by atoms with van der Waals surface area (Å²) in [5.74, 6) is -1.12. The molecule has 0 N–H and O–H groups in total. The molecule has 0 aromatic carbocycles. The van der Waals surface area contributed by atoms with Gasteiger partial charge in [0.1, 0.15) is 6.61 Å². The van der Waals surface area contributed by atoms with Crippen LogP contribution in [0.5, 0.6) is 0 Å². The minimum Gasteiger partial charge on any atom is -0.465 e. The van der Waals surface area contributed by atoms with E-state index in [1.807, 2.05) is 0 Å². The number of rotatable bonds is 8. The van der Waals surface area contributed by atoms with Crippen molar-refractivity contribution >= 4 is 11.9 Å². The third-order valence-electron chi connectivity index (χ3n) is 2.33. The number of ether oxygens (including phenoxy) is 2. The lowest BCUT2D eigenvalue weighted by atomic mass is 9.94. The van der Waals surface area contributed by atoms with E-state index in [1.54, 1.807) is 0 Å². The first-order valence-corrected chi connectivity index (χ1v) is 5.92. The van der Waals surface area contributed by atoms with E-state index in [0.29, 0.717) is 6.61 Å². The van der Waals surface area contributed by atoms with Crippen molar-refractivity contribution in [2.24, 2.45) is 5.41 Å². The topological polar surface area (TPSA) is 52.6 Å². The first-order valence-electron chi connectivity index (χ1n) is 5.92. The van der Waals surface area contributed by atoms with Gasteiger partial charge in [0.2, 0.25) is 0 Å². The molecule has 0 heterocycles. The van der Waals surface area contributed by atoms with Gasteiger partial charge in [-0.1, -0.05) is 32.4 Å². The highest BCUT2D eigenvalue weighted by atomic mass is 16.6. The Kier molecular flexibility index (Phi) is 7.26. The number of unbranched alkanes of at least 4 members (excludes halogenated alkanes) is 2. The number of esters is 2. The number of hydrogen-bond acceptors (Lipinski definition) is 4. The number of carbonyl (C=O) groups excluding carboxylic acids is 2. The van der Waals surface area contributed by atoms with Gasteiger partial charge in [0.05, 0.1) is 6.61 Å². The minimum atomic E-state index is -1.25. The molecule has 0 aliphatic rings. The molecule has 4 nitrogen and oxygen atoms in total. The summed E-state index contributed by atoms with van der Waals surface area (Å²) in [7, 11) is 0. The summed E-state index contributed by atoms with van der Waals surface area (Å²) in [6.07, 6.45) is 4.34. The molecule has 0 aliphatic heterocycles. The van der Waals surface area contributed by atoms with Crippen LogP contribution >= 0.6 is 0 Å². The molecule has 0 saturated heterocycles. The average Bonchev–Trinajstić information content (AvgIpc) is 2.31. The molecule has 0 aliphatic carbocycles. The van der Waals surface area contributed by atoms with Crippen LogP contribution in [-0.2, 0) is 19.1 Å². The highest BCUT2D eigenvalue weighted by Crippen LogP contribution is 2.19. The van der Waals surface area contributed by atoms with Crippen molar-refractivity contribution in [2.75, 3.05) is 13.2 Å². The molecule has 0 bridgehead atoms. The van der Waals surface area contributed by atoms with Crippen molar-refractivity contribution in [3.8, 4) is 0 Å². The molecule has 17 heavy (non-hydrogen) atoms. The summed E-state index contributed by atoms with van der Waals surface area (Å²) < 4.78 is 9.89. The van der Waals surface area contributed by atoms with Crippen LogP contribution in [0.2, 0.25) is 0 Å². The second-order valence-corrected chi connectivity index (χ2v) is 4.36. The fourth-order valence-electron chi connectivity index (χ4n) is 1.10. The van der Waals surface area contributed by atoms with Crippen molar-refractivity contribution in [1.29, 1.82) is 0 Å². The second-order valence-electron chi connectivity index (χ2n) is 4.36. The third kappa shape index (κ3) is 5.52. The van der Waals surface area contributed by atoms with Crippen LogP contribution in [0.15, 0.2) is 12.7 Å². The van der Waals surface area contributed by atoms with Crippen LogP contribution in [0.25, 0.3) is 0 Å². The molecule has 0 rings (SSSR count). The Balaban J connectivity index is 4.14. The largest absolute Gasteiger partial charge is 0.465 e. The molecule has 0 amide bonds. The molecule has 98 valence electrons. The maximum Gasteiger partial charge on any atom is 0.323 e. The maximum atomic E-state index is 11.7. The predicted octanol–water partition coefficient (Wildman–Crippen LogP) is 2.48. The summed E-state index contributed by atoms with van der Waals surface area (Å²) in [4.78, 5) is 23.3. The molecule has 0 spiro atoms. The van der Waals surface area contributed by atoms with E-state index in [1.165, 1.54) is 19.9 Å². The van der Waals surface area contributed by atoms with E-state index in [4.69, 9.17) is 9.47 Å². The van der Waals surface area contributed by atoms with Gasteiger partial charge in [-0.15, -0.1) is 0 Å². The Hall–Kier alpha value is -1.32. The molecule has 0 saturated carbocycles. The lowest BCUT2D eigenvalue weighted by molar-refractivity contribution is -0.169. The Bertz CT molecular complexity index is 269. The molecule has 0 atom stereocenters. The molecule has 0 aromatic heterocycles. The smallest absolute Gasteiger partial charge is 0.323 e. The monoisotopic (exact) mass is 242 g/mol. The molecular formula is C13H22O4. The van der Waals surface area contributed by atoms with E-state index in [2.05, 4.69) is 13.5 Å².